The zero-order valence-electron chi connectivity index (χ0n) is 12.0. The van der Waals surface area contributed by atoms with Crippen LogP contribution in [0.15, 0.2) is 29.2 Å². The molecule has 110 valence electrons. The van der Waals surface area contributed by atoms with Gasteiger partial charge in [-0.2, -0.15) is 11.3 Å². The van der Waals surface area contributed by atoms with Gasteiger partial charge < -0.3 is 10.2 Å². The fraction of sp³-hybridized carbons (Fsp3) is 0.500. The molecule has 0 radical (unpaired) electrons. The third-order valence-electron chi connectivity index (χ3n) is 4.04. The second-order valence-corrected chi connectivity index (χ2v) is 6.79. The molecule has 21 heavy (non-hydrogen) atoms. The van der Waals surface area contributed by atoms with Crippen molar-refractivity contribution in [3.05, 3.63) is 40.5 Å². The van der Waals surface area contributed by atoms with Crippen molar-refractivity contribution in [1.29, 1.82) is 0 Å². The molecule has 0 amide bonds. The molecule has 1 N–H and O–H groups in total. The van der Waals surface area contributed by atoms with Crippen molar-refractivity contribution < 1.29 is 0 Å². The number of hydrogen-bond acceptors (Lipinski definition) is 5. The van der Waals surface area contributed by atoms with E-state index in [2.05, 4.69) is 32.0 Å². The van der Waals surface area contributed by atoms with Crippen molar-refractivity contribution in [2.45, 2.75) is 50.9 Å². The van der Waals surface area contributed by atoms with Gasteiger partial charge in [0, 0.05) is 31.4 Å². The Morgan fingerprint density at radius 1 is 1.24 bits per heavy atom. The van der Waals surface area contributed by atoms with Crippen molar-refractivity contribution in [1.82, 2.24) is 15.3 Å². The minimum atomic E-state index is 0.644. The zero-order valence-corrected chi connectivity index (χ0v) is 12.9. The molecule has 2 fully saturated rings. The van der Waals surface area contributed by atoms with Gasteiger partial charge in [0.2, 0.25) is 0 Å². The number of nitrogens with zero attached hydrogens (tertiary/aromatic N) is 3. The first kappa shape index (κ1) is 13.2. The Hall–Kier alpha value is -1.46. The van der Waals surface area contributed by atoms with Gasteiger partial charge in [0.25, 0.3) is 0 Å². The molecule has 2 aromatic rings. The Bertz CT molecular complexity index is 590. The lowest BCUT2D eigenvalue weighted by Gasteiger charge is -2.23. The molecule has 2 saturated carbocycles. The molecule has 2 aromatic heterocycles. The lowest BCUT2D eigenvalue weighted by atomic mass is 10.3. The normalized spacial score (nSPS) is 17.9. The van der Waals surface area contributed by atoms with E-state index in [1.165, 1.54) is 31.2 Å². The van der Waals surface area contributed by atoms with Gasteiger partial charge in [-0.3, -0.25) is 4.98 Å². The highest BCUT2D eigenvalue weighted by Crippen LogP contribution is 2.32. The molecule has 2 heterocycles. The summed E-state index contributed by atoms with van der Waals surface area (Å²) in [5.74, 6) is 1.03. The summed E-state index contributed by atoms with van der Waals surface area (Å²) in [7, 11) is 0. The van der Waals surface area contributed by atoms with Gasteiger partial charge in [0.05, 0.1) is 11.9 Å². The van der Waals surface area contributed by atoms with Crippen LogP contribution in [0.3, 0.4) is 0 Å². The van der Waals surface area contributed by atoms with E-state index < -0.39 is 0 Å². The topological polar surface area (TPSA) is 41.1 Å². The average molecular weight is 300 g/mol. The van der Waals surface area contributed by atoms with E-state index in [0.29, 0.717) is 12.1 Å². The lowest BCUT2D eigenvalue weighted by Crippen LogP contribution is -2.26. The molecule has 0 bridgehead atoms. The Morgan fingerprint density at radius 2 is 2.14 bits per heavy atom. The van der Waals surface area contributed by atoms with Crippen LogP contribution in [0.2, 0.25) is 0 Å². The monoisotopic (exact) mass is 300 g/mol. The van der Waals surface area contributed by atoms with Gasteiger partial charge in [0.1, 0.15) is 5.82 Å². The number of rotatable bonds is 7. The van der Waals surface area contributed by atoms with E-state index in [1.807, 2.05) is 12.4 Å². The molecule has 4 nitrogen and oxygen atoms in total. The summed E-state index contributed by atoms with van der Waals surface area (Å²) in [5, 5.41) is 7.87. The van der Waals surface area contributed by atoms with Crippen LogP contribution in [0.5, 0.6) is 0 Å². The molecular weight excluding hydrogens is 280 g/mol. The predicted octanol–water partition coefficient (Wildman–Crippen LogP) is 2.96. The standard InChI is InChI=1S/C16H20N4S/c1-2-13(1)18-8-14-7-17-9-16(19-14)20(15-3-4-15)10-12-5-6-21-11-12/h5-7,9,11,13,15,18H,1-4,8,10H2. The fourth-order valence-corrected chi connectivity index (χ4v) is 3.18. The summed E-state index contributed by atoms with van der Waals surface area (Å²) in [4.78, 5) is 11.6. The predicted molar refractivity (Wildman–Crippen MR) is 85.4 cm³/mol. The number of aromatic nitrogens is 2. The minimum Gasteiger partial charge on any atom is -0.348 e. The third kappa shape index (κ3) is 3.41. The Labute approximate surface area is 129 Å². The molecular formula is C16H20N4S. The van der Waals surface area contributed by atoms with Gasteiger partial charge in [-0.25, -0.2) is 4.98 Å². The summed E-state index contributed by atoms with van der Waals surface area (Å²) in [6.07, 6.45) is 8.95. The zero-order chi connectivity index (χ0) is 14.1. The Kier molecular flexibility index (Phi) is 3.61. The molecule has 0 aliphatic heterocycles. The lowest BCUT2D eigenvalue weighted by molar-refractivity contribution is 0.667. The van der Waals surface area contributed by atoms with E-state index in [4.69, 9.17) is 4.98 Å². The molecule has 0 saturated heterocycles. The average Bonchev–Trinajstić information content (AvgIpc) is 3.44. The Balaban J connectivity index is 1.49. The first-order chi connectivity index (χ1) is 10.4. The molecule has 0 spiro atoms. The molecule has 0 aromatic carbocycles. The highest BCUT2D eigenvalue weighted by molar-refractivity contribution is 7.07. The van der Waals surface area contributed by atoms with Crippen molar-refractivity contribution in [2.24, 2.45) is 0 Å². The smallest absolute Gasteiger partial charge is 0.148 e. The first-order valence-electron chi connectivity index (χ1n) is 7.70. The van der Waals surface area contributed by atoms with Gasteiger partial charge in [0.15, 0.2) is 0 Å². The maximum atomic E-state index is 4.82. The van der Waals surface area contributed by atoms with E-state index in [0.717, 1.165) is 24.6 Å². The van der Waals surface area contributed by atoms with Crippen LogP contribution >= 0.6 is 11.3 Å². The highest BCUT2D eigenvalue weighted by Gasteiger charge is 2.30. The summed E-state index contributed by atoms with van der Waals surface area (Å²) in [6.45, 7) is 1.78. The van der Waals surface area contributed by atoms with Crippen molar-refractivity contribution in [3.8, 4) is 0 Å². The van der Waals surface area contributed by atoms with E-state index in [9.17, 15) is 0 Å². The van der Waals surface area contributed by atoms with Crippen LogP contribution in [0.1, 0.15) is 36.9 Å². The maximum Gasteiger partial charge on any atom is 0.148 e. The molecule has 5 heteroatoms. The fourth-order valence-electron chi connectivity index (χ4n) is 2.52. The van der Waals surface area contributed by atoms with Crippen LogP contribution in [0, 0.1) is 0 Å². The van der Waals surface area contributed by atoms with Crippen LogP contribution in [0.4, 0.5) is 5.82 Å². The molecule has 0 atom stereocenters. The molecule has 2 aliphatic rings. The van der Waals surface area contributed by atoms with E-state index >= 15 is 0 Å². The number of nitrogens with one attached hydrogen (secondary N) is 1. The highest BCUT2D eigenvalue weighted by atomic mass is 32.1. The molecule has 4 rings (SSSR count). The quantitative estimate of drug-likeness (QED) is 0.853. The molecule has 0 unspecified atom stereocenters. The number of anilines is 1. The van der Waals surface area contributed by atoms with Gasteiger partial charge >= 0.3 is 0 Å². The third-order valence-corrected chi connectivity index (χ3v) is 4.77. The summed E-state index contributed by atoms with van der Waals surface area (Å²) < 4.78 is 0. The van der Waals surface area contributed by atoms with Gasteiger partial charge in [-0.05, 0) is 48.1 Å². The van der Waals surface area contributed by atoms with Crippen LogP contribution in [-0.4, -0.2) is 22.1 Å². The summed E-state index contributed by atoms with van der Waals surface area (Å²) in [6, 6.07) is 3.55. The van der Waals surface area contributed by atoms with Crippen LogP contribution < -0.4 is 10.2 Å². The first-order valence-corrected chi connectivity index (χ1v) is 8.65. The van der Waals surface area contributed by atoms with Crippen LogP contribution in [-0.2, 0) is 13.1 Å². The van der Waals surface area contributed by atoms with Crippen molar-refractivity contribution >= 4 is 17.2 Å². The van der Waals surface area contributed by atoms with Gasteiger partial charge in [-0.1, -0.05) is 0 Å². The second-order valence-electron chi connectivity index (χ2n) is 6.01. The SMILES string of the molecule is c1cc(CN(c2cncc(CNC3CC3)n2)C2CC2)cs1. The van der Waals surface area contributed by atoms with Crippen LogP contribution in [0.25, 0.3) is 0 Å². The van der Waals surface area contributed by atoms with Gasteiger partial charge in [-0.15, -0.1) is 0 Å². The van der Waals surface area contributed by atoms with E-state index in [1.54, 1.807) is 11.3 Å². The summed E-state index contributed by atoms with van der Waals surface area (Å²) >= 11 is 1.76. The van der Waals surface area contributed by atoms with E-state index in [-0.39, 0.29) is 0 Å². The second kappa shape index (κ2) is 5.73. The molecule has 2 aliphatic carbocycles. The number of thiophene rings is 1. The maximum absolute atomic E-state index is 4.82. The van der Waals surface area contributed by atoms with Crippen molar-refractivity contribution in [3.63, 3.8) is 0 Å². The van der Waals surface area contributed by atoms with Crippen molar-refractivity contribution in [2.75, 3.05) is 4.90 Å². The number of hydrogen-bond donors (Lipinski definition) is 1. The minimum absolute atomic E-state index is 0.644. The largest absolute Gasteiger partial charge is 0.348 e. The summed E-state index contributed by atoms with van der Waals surface area (Å²) in [5.41, 5.74) is 2.42. The Morgan fingerprint density at radius 3 is 2.86 bits per heavy atom.